The molecule has 0 spiro atoms. The molecule has 1 aliphatic rings. The van der Waals surface area contributed by atoms with E-state index in [1.807, 2.05) is 54.6 Å². The largest absolute Gasteiger partial charge is 0.485 e. The molecular weight excluding hydrogens is 392 g/mol. The Labute approximate surface area is 159 Å². The summed E-state index contributed by atoms with van der Waals surface area (Å²) < 4.78 is 15.3. The number of hydrogen-bond acceptors (Lipinski definition) is 3. The Balaban J connectivity index is 1.69. The first-order valence-electron chi connectivity index (χ1n) is 8.41. The van der Waals surface area contributed by atoms with Crippen molar-refractivity contribution in [2.75, 3.05) is 6.61 Å². The Morgan fingerprint density at radius 1 is 0.923 bits per heavy atom. The van der Waals surface area contributed by atoms with Gasteiger partial charge < -0.3 is 9.47 Å². The van der Waals surface area contributed by atoms with E-state index in [2.05, 4.69) is 38.7 Å². The molecule has 4 aromatic rings. The van der Waals surface area contributed by atoms with E-state index in [1.54, 1.807) is 0 Å². The van der Waals surface area contributed by atoms with Crippen molar-refractivity contribution in [2.45, 2.75) is 6.10 Å². The normalized spacial score (nSPS) is 16.0. The lowest BCUT2D eigenvalue weighted by atomic mass is 10.2. The lowest BCUT2D eigenvalue weighted by Gasteiger charge is -2.26. The van der Waals surface area contributed by atoms with Crippen LogP contribution in [0, 0.1) is 0 Å². The maximum atomic E-state index is 6.22. The minimum atomic E-state index is -0.281. The molecule has 5 heteroatoms. The predicted molar refractivity (Wildman–Crippen MR) is 104 cm³/mol. The van der Waals surface area contributed by atoms with Crippen molar-refractivity contribution in [3.8, 4) is 17.2 Å². The van der Waals surface area contributed by atoms with Gasteiger partial charge in [-0.1, -0.05) is 46.3 Å². The number of ether oxygens (including phenoxy) is 2. The Kier molecular flexibility index (Phi) is 3.68. The first-order chi connectivity index (χ1) is 12.8. The first-order valence-corrected chi connectivity index (χ1v) is 9.21. The summed E-state index contributed by atoms with van der Waals surface area (Å²) in [5, 5.41) is 0. The molecule has 128 valence electrons. The first kappa shape index (κ1) is 15.5. The van der Waals surface area contributed by atoms with Gasteiger partial charge in [0.15, 0.2) is 23.4 Å². The molecule has 0 N–H and O–H groups in total. The molecule has 1 atom stereocenters. The number of benzene rings is 3. The van der Waals surface area contributed by atoms with E-state index < -0.39 is 0 Å². The van der Waals surface area contributed by atoms with Crippen molar-refractivity contribution >= 4 is 27.0 Å². The Morgan fingerprint density at radius 3 is 2.54 bits per heavy atom. The molecule has 4 nitrogen and oxygen atoms in total. The highest BCUT2D eigenvalue weighted by molar-refractivity contribution is 9.10. The van der Waals surface area contributed by atoms with Crippen LogP contribution in [-0.4, -0.2) is 16.2 Å². The van der Waals surface area contributed by atoms with Crippen LogP contribution in [0.1, 0.15) is 11.9 Å². The second-order valence-electron chi connectivity index (χ2n) is 6.14. The summed E-state index contributed by atoms with van der Waals surface area (Å²) in [5.74, 6) is 2.35. The molecule has 0 aliphatic carbocycles. The number of rotatable bonds is 2. The zero-order chi connectivity index (χ0) is 17.5. The predicted octanol–water partition coefficient (Wildman–Crippen LogP) is 5.30. The number of hydrogen-bond donors (Lipinski definition) is 0. The molecule has 2 heterocycles. The number of nitrogens with zero attached hydrogens (tertiary/aromatic N) is 2. The summed E-state index contributed by atoms with van der Waals surface area (Å²) in [5.41, 5.74) is 3.00. The van der Waals surface area contributed by atoms with Crippen LogP contribution in [-0.2, 0) is 0 Å². The molecule has 0 saturated carbocycles. The van der Waals surface area contributed by atoms with Crippen LogP contribution in [0.2, 0.25) is 0 Å². The summed E-state index contributed by atoms with van der Waals surface area (Å²) >= 11 is 3.57. The number of halogens is 1. The molecule has 0 radical (unpaired) electrons. The fourth-order valence-corrected chi connectivity index (χ4v) is 3.63. The van der Waals surface area contributed by atoms with Gasteiger partial charge in [0.25, 0.3) is 0 Å². The molecule has 1 aliphatic heterocycles. The fourth-order valence-electron chi connectivity index (χ4n) is 3.28. The summed E-state index contributed by atoms with van der Waals surface area (Å²) in [7, 11) is 0. The third-order valence-corrected chi connectivity index (χ3v) is 4.95. The maximum Gasteiger partial charge on any atom is 0.190 e. The van der Waals surface area contributed by atoms with E-state index in [0.29, 0.717) is 6.61 Å². The van der Waals surface area contributed by atoms with Crippen molar-refractivity contribution in [3.05, 3.63) is 83.1 Å². The van der Waals surface area contributed by atoms with Crippen LogP contribution in [0.4, 0.5) is 0 Å². The third kappa shape index (κ3) is 2.56. The van der Waals surface area contributed by atoms with Crippen molar-refractivity contribution in [3.63, 3.8) is 0 Å². The van der Waals surface area contributed by atoms with Crippen molar-refractivity contribution < 1.29 is 9.47 Å². The standard InChI is InChI=1S/C21H15BrN2O2/c22-14-10-11-16-17(12-14)24(15-6-2-1-3-7-15)21(23-16)20-13-25-18-8-4-5-9-19(18)26-20/h1-12,20H,13H2. The van der Waals surface area contributed by atoms with Gasteiger partial charge >= 0.3 is 0 Å². The average Bonchev–Trinajstić information content (AvgIpc) is 3.07. The summed E-state index contributed by atoms with van der Waals surface area (Å²) in [6, 6.07) is 24.0. The van der Waals surface area contributed by atoms with E-state index in [-0.39, 0.29) is 6.10 Å². The lowest BCUT2D eigenvalue weighted by molar-refractivity contribution is 0.0844. The Morgan fingerprint density at radius 2 is 1.69 bits per heavy atom. The van der Waals surface area contributed by atoms with Gasteiger partial charge in [-0.2, -0.15) is 0 Å². The highest BCUT2D eigenvalue weighted by Crippen LogP contribution is 2.37. The molecule has 0 amide bonds. The van der Waals surface area contributed by atoms with E-state index in [4.69, 9.17) is 14.5 Å². The van der Waals surface area contributed by atoms with Gasteiger partial charge in [0.2, 0.25) is 0 Å². The molecule has 5 rings (SSSR count). The van der Waals surface area contributed by atoms with Crippen LogP contribution < -0.4 is 9.47 Å². The van der Waals surface area contributed by atoms with Gasteiger partial charge in [0.05, 0.1) is 11.0 Å². The minimum Gasteiger partial charge on any atom is -0.485 e. The monoisotopic (exact) mass is 406 g/mol. The Bertz CT molecular complexity index is 1090. The average molecular weight is 407 g/mol. The topological polar surface area (TPSA) is 36.3 Å². The molecule has 3 aromatic carbocycles. The van der Waals surface area contributed by atoms with Gasteiger partial charge in [-0.3, -0.25) is 4.57 Å². The van der Waals surface area contributed by atoms with Gasteiger partial charge in [-0.25, -0.2) is 4.98 Å². The highest BCUT2D eigenvalue weighted by Gasteiger charge is 2.28. The summed E-state index contributed by atoms with van der Waals surface area (Å²) in [4.78, 5) is 4.86. The Hall–Kier alpha value is -2.79. The van der Waals surface area contributed by atoms with Gasteiger partial charge in [-0.15, -0.1) is 0 Å². The van der Waals surface area contributed by atoms with Crippen LogP contribution in [0.15, 0.2) is 77.3 Å². The van der Waals surface area contributed by atoms with Crippen molar-refractivity contribution in [1.82, 2.24) is 9.55 Å². The molecule has 0 fully saturated rings. The second-order valence-corrected chi connectivity index (χ2v) is 7.05. The van der Waals surface area contributed by atoms with Gasteiger partial charge in [-0.05, 0) is 42.5 Å². The molecule has 1 unspecified atom stereocenters. The van der Waals surface area contributed by atoms with E-state index in [9.17, 15) is 0 Å². The molecule has 26 heavy (non-hydrogen) atoms. The molecule has 0 bridgehead atoms. The fraction of sp³-hybridized carbons (Fsp3) is 0.0952. The van der Waals surface area contributed by atoms with Crippen LogP contribution in [0.5, 0.6) is 11.5 Å². The molecule has 0 saturated heterocycles. The van der Waals surface area contributed by atoms with Gasteiger partial charge in [0.1, 0.15) is 6.61 Å². The van der Waals surface area contributed by atoms with E-state index >= 15 is 0 Å². The van der Waals surface area contributed by atoms with Gasteiger partial charge in [0, 0.05) is 10.2 Å². The van der Waals surface area contributed by atoms with Crippen LogP contribution >= 0.6 is 15.9 Å². The quantitative estimate of drug-likeness (QED) is 0.453. The summed E-state index contributed by atoms with van der Waals surface area (Å²) in [6.45, 7) is 0.425. The molecular formula is C21H15BrN2O2. The molecule has 1 aromatic heterocycles. The zero-order valence-electron chi connectivity index (χ0n) is 13.8. The maximum absolute atomic E-state index is 6.22. The highest BCUT2D eigenvalue weighted by atomic mass is 79.9. The van der Waals surface area contributed by atoms with E-state index in [0.717, 1.165) is 38.5 Å². The third-order valence-electron chi connectivity index (χ3n) is 4.45. The van der Waals surface area contributed by atoms with Crippen molar-refractivity contribution in [2.24, 2.45) is 0 Å². The number of aromatic nitrogens is 2. The summed E-state index contributed by atoms with van der Waals surface area (Å²) in [6.07, 6.45) is -0.281. The van der Waals surface area contributed by atoms with E-state index in [1.165, 1.54) is 0 Å². The lowest BCUT2D eigenvalue weighted by Crippen LogP contribution is -2.24. The second kappa shape index (κ2) is 6.18. The van der Waals surface area contributed by atoms with Crippen LogP contribution in [0.25, 0.3) is 16.7 Å². The zero-order valence-corrected chi connectivity index (χ0v) is 15.4. The van der Waals surface area contributed by atoms with Crippen LogP contribution in [0.3, 0.4) is 0 Å². The SMILES string of the molecule is Brc1ccc2nc(C3COc4ccccc4O3)n(-c3ccccc3)c2c1. The number of imidazole rings is 1. The number of para-hydroxylation sites is 3. The van der Waals surface area contributed by atoms with Crippen molar-refractivity contribution in [1.29, 1.82) is 0 Å². The number of fused-ring (bicyclic) bond motifs is 2. The minimum absolute atomic E-state index is 0.281. The smallest absolute Gasteiger partial charge is 0.190 e.